The minimum atomic E-state index is -1.46. The number of hydrogen-bond donors (Lipinski definition) is 3. The summed E-state index contributed by atoms with van der Waals surface area (Å²) in [4.78, 5) is 56.8. The number of carbonyl (C=O) groups is 4. The zero-order chi connectivity index (χ0) is 26.4. The highest BCUT2D eigenvalue weighted by molar-refractivity contribution is 6.08. The Balaban J connectivity index is 1.28. The standard InChI is InChI=1S/C28H25N5O5/c1-38-22-9-4-17-14-33(25(35)23(17)11-22)15-28(26(36)31-27(37)32-28)20-5-2-16(3-6-20)18-10-19(13-29-12-18)24(34)30-21-7-8-21/h2-6,9-13,21H,7-8,14-15H2,1H3,(H,30,34)(H2,31,32,36,37)/t28-/m0/s1. The van der Waals surface area contributed by atoms with E-state index in [1.807, 2.05) is 6.07 Å². The molecule has 0 spiro atoms. The van der Waals surface area contributed by atoms with E-state index in [4.69, 9.17) is 4.74 Å². The van der Waals surface area contributed by atoms with Crippen molar-refractivity contribution in [3.8, 4) is 16.9 Å². The molecule has 1 saturated carbocycles. The zero-order valence-electron chi connectivity index (χ0n) is 20.6. The van der Waals surface area contributed by atoms with Crippen LogP contribution < -0.4 is 20.7 Å². The number of fused-ring (bicyclic) bond motifs is 1. The van der Waals surface area contributed by atoms with E-state index in [0.29, 0.717) is 29.0 Å². The predicted molar refractivity (Wildman–Crippen MR) is 136 cm³/mol. The number of nitrogens with zero attached hydrogens (tertiary/aromatic N) is 2. The minimum absolute atomic E-state index is 0.0435. The normalized spacial score (nSPS) is 20.1. The van der Waals surface area contributed by atoms with Crippen molar-refractivity contribution in [3.63, 3.8) is 0 Å². The van der Waals surface area contributed by atoms with Gasteiger partial charge in [0.25, 0.3) is 17.7 Å². The Morgan fingerprint density at radius 1 is 1.08 bits per heavy atom. The molecule has 2 fully saturated rings. The molecule has 0 radical (unpaired) electrons. The van der Waals surface area contributed by atoms with Crippen molar-refractivity contribution in [2.75, 3.05) is 13.7 Å². The van der Waals surface area contributed by atoms with Crippen LogP contribution in [-0.2, 0) is 16.9 Å². The average molecular weight is 512 g/mol. The van der Waals surface area contributed by atoms with Gasteiger partial charge in [0.05, 0.1) is 19.2 Å². The molecule has 10 heteroatoms. The fraction of sp³-hybridized carbons (Fsp3) is 0.250. The highest BCUT2D eigenvalue weighted by Gasteiger charge is 2.50. The third-order valence-corrected chi connectivity index (χ3v) is 7.19. The first-order chi connectivity index (χ1) is 18.4. The summed E-state index contributed by atoms with van der Waals surface area (Å²) < 4.78 is 5.25. The smallest absolute Gasteiger partial charge is 0.322 e. The van der Waals surface area contributed by atoms with Crippen LogP contribution in [0.3, 0.4) is 0 Å². The van der Waals surface area contributed by atoms with Crippen molar-refractivity contribution in [3.05, 3.63) is 83.2 Å². The van der Waals surface area contributed by atoms with Crippen LogP contribution in [0.15, 0.2) is 60.9 Å². The average Bonchev–Trinajstić information content (AvgIpc) is 3.63. The molecule has 3 aromatic rings. The number of methoxy groups -OCH3 is 1. The van der Waals surface area contributed by atoms with Crippen LogP contribution in [0.5, 0.6) is 5.75 Å². The molecule has 0 bridgehead atoms. The van der Waals surface area contributed by atoms with E-state index in [0.717, 1.165) is 29.5 Å². The molecule has 1 aromatic heterocycles. The van der Waals surface area contributed by atoms with Crippen LogP contribution in [0.4, 0.5) is 4.79 Å². The fourth-order valence-corrected chi connectivity index (χ4v) is 4.94. The number of imide groups is 1. The van der Waals surface area contributed by atoms with Gasteiger partial charge in [0.2, 0.25) is 0 Å². The number of benzene rings is 2. The molecule has 6 rings (SSSR count). The van der Waals surface area contributed by atoms with Gasteiger partial charge in [0.15, 0.2) is 5.54 Å². The molecule has 3 N–H and O–H groups in total. The van der Waals surface area contributed by atoms with E-state index < -0.39 is 17.5 Å². The van der Waals surface area contributed by atoms with Crippen LogP contribution in [0.1, 0.15) is 44.7 Å². The van der Waals surface area contributed by atoms with E-state index in [2.05, 4.69) is 20.9 Å². The highest BCUT2D eigenvalue weighted by atomic mass is 16.5. The summed E-state index contributed by atoms with van der Waals surface area (Å²) in [5.41, 5.74) is 2.42. The van der Waals surface area contributed by atoms with E-state index in [-0.39, 0.29) is 24.4 Å². The maximum atomic E-state index is 13.2. The van der Waals surface area contributed by atoms with E-state index in [9.17, 15) is 19.2 Å². The monoisotopic (exact) mass is 511 g/mol. The molecule has 2 aromatic carbocycles. The number of urea groups is 1. The Morgan fingerprint density at radius 2 is 1.87 bits per heavy atom. The van der Waals surface area contributed by atoms with E-state index in [1.54, 1.807) is 53.6 Å². The molecule has 2 aliphatic heterocycles. The van der Waals surface area contributed by atoms with E-state index in [1.165, 1.54) is 13.3 Å². The SMILES string of the molecule is COc1ccc2c(c1)C(=O)N(C[C@@]1(c3ccc(-c4cncc(C(=O)NC5CC5)c4)cc3)NC(=O)NC1=O)C2. The van der Waals surface area contributed by atoms with Gasteiger partial charge in [-0.3, -0.25) is 24.7 Å². The molecule has 0 unspecified atom stereocenters. The lowest BCUT2D eigenvalue weighted by molar-refractivity contribution is -0.124. The molecule has 1 aliphatic carbocycles. The van der Waals surface area contributed by atoms with Gasteiger partial charge in [-0.1, -0.05) is 30.3 Å². The molecule has 1 saturated heterocycles. The minimum Gasteiger partial charge on any atom is -0.497 e. The first kappa shape index (κ1) is 23.7. The molecule has 3 aliphatic rings. The third kappa shape index (κ3) is 4.13. The number of hydrogen-bond acceptors (Lipinski definition) is 6. The topological polar surface area (TPSA) is 130 Å². The largest absolute Gasteiger partial charge is 0.497 e. The molecule has 3 heterocycles. The number of amides is 5. The lowest BCUT2D eigenvalue weighted by Gasteiger charge is -2.31. The summed E-state index contributed by atoms with van der Waals surface area (Å²) in [6, 6.07) is 13.8. The Morgan fingerprint density at radius 3 is 2.55 bits per heavy atom. The lowest BCUT2D eigenvalue weighted by Crippen LogP contribution is -2.52. The quantitative estimate of drug-likeness (QED) is 0.418. The Kier molecular flexibility index (Phi) is 5.59. The molecule has 5 amide bonds. The van der Waals surface area contributed by atoms with Gasteiger partial charge in [0, 0.05) is 36.1 Å². The Bertz CT molecular complexity index is 1480. The summed E-state index contributed by atoms with van der Waals surface area (Å²) in [5, 5.41) is 8.03. The van der Waals surface area contributed by atoms with Gasteiger partial charge in [0.1, 0.15) is 5.75 Å². The molecule has 1 atom stereocenters. The molecular weight excluding hydrogens is 486 g/mol. The zero-order valence-corrected chi connectivity index (χ0v) is 20.6. The van der Waals surface area contributed by atoms with Gasteiger partial charge in [-0.25, -0.2) is 4.79 Å². The Labute approximate surface area is 218 Å². The summed E-state index contributed by atoms with van der Waals surface area (Å²) >= 11 is 0. The van der Waals surface area contributed by atoms with Crippen LogP contribution in [-0.4, -0.2) is 53.3 Å². The van der Waals surface area contributed by atoms with Crippen LogP contribution in [0.2, 0.25) is 0 Å². The van der Waals surface area contributed by atoms with Gasteiger partial charge in [-0.2, -0.15) is 0 Å². The fourth-order valence-electron chi connectivity index (χ4n) is 4.94. The van der Waals surface area contributed by atoms with Gasteiger partial charge < -0.3 is 20.3 Å². The summed E-state index contributed by atoms with van der Waals surface area (Å²) in [5.74, 6) is -0.357. The maximum absolute atomic E-state index is 13.2. The third-order valence-electron chi connectivity index (χ3n) is 7.19. The van der Waals surface area contributed by atoms with Crippen molar-refractivity contribution in [2.45, 2.75) is 31.0 Å². The van der Waals surface area contributed by atoms with Crippen molar-refractivity contribution in [1.82, 2.24) is 25.8 Å². The number of rotatable bonds is 7. The van der Waals surface area contributed by atoms with Gasteiger partial charge >= 0.3 is 6.03 Å². The van der Waals surface area contributed by atoms with Crippen molar-refractivity contribution < 1.29 is 23.9 Å². The summed E-state index contributed by atoms with van der Waals surface area (Å²) in [6.45, 7) is 0.265. The second kappa shape index (κ2) is 8.98. The maximum Gasteiger partial charge on any atom is 0.322 e. The van der Waals surface area contributed by atoms with E-state index >= 15 is 0 Å². The van der Waals surface area contributed by atoms with Crippen molar-refractivity contribution >= 4 is 23.8 Å². The second-order valence-corrected chi connectivity index (χ2v) is 9.79. The lowest BCUT2D eigenvalue weighted by atomic mass is 9.88. The number of pyridine rings is 1. The number of ether oxygens (including phenoxy) is 1. The van der Waals surface area contributed by atoms with Crippen LogP contribution >= 0.6 is 0 Å². The van der Waals surface area contributed by atoms with Crippen molar-refractivity contribution in [1.29, 1.82) is 0 Å². The highest BCUT2D eigenvalue weighted by Crippen LogP contribution is 2.33. The Hall–Kier alpha value is -4.73. The molecule has 38 heavy (non-hydrogen) atoms. The van der Waals surface area contributed by atoms with Crippen LogP contribution in [0, 0.1) is 0 Å². The molecule has 10 nitrogen and oxygen atoms in total. The first-order valence-corrected chi connectivity index (χ1v) is 12.3. The van der Waals surface area contributed by atoms with Crippen molar-refractivity contribution in [2.24, 2.45) is 0 Å². The number of nitrogens with one attached hydrogen (secondary N) is 3. The van der Waals surface area contributed by atoms with Gasteiger partial charge in [-0.15, -0.1) is 0 Å². The second-order valence-electron chi connectivity index (χ2n) is 9.79. The molecular formula is C28H25N5O5. The summed E-state index contributed by atoms with van der Waals surface area (Å²) in [6.07, 6.45) is 5.19. The van der Waals surface area contributed by atoms with Gasteiger partial charge in [-0.05, 0) is 47.7 Å². The predicted octanol–water partition coefficient (Wildman–Crippen LogP) is 2.34. The number of carbonyl (C=O) groups excluding carboxylic acids is 4. The summed E-state index contributed by atoms with van der Waals surface area (Å²) in [7, 11) is 1.53. The number of aromatic nitrogens is 1. The van der Waals surface area contributed by atoms with Crippen LogP contribution in [0.25, 0.3) is 11.1 Å². The molecule has 192 valence electrons. The first-order valence-electron chi connectivity index (χ1n) is 12.3.